The summed E-state index contributed by atoms with van der Waals surface area (Å²) in [6, 6.07) is 9.39. The highest BCUT2D eigenvalue weighted by molar-refractivity contribution is 9.08. The maximum atomic E-state index is 8.71. The molecule has 0 spiro atoms. The molecular weight excluding hydrogens is 268 g/mol. The minimum Gasteiger partial charge on any atom is -0.249 e. The van der Waals surface area contributed by atoms with Crippen molar-refractivity contribution in [2.75, 3.05) is 0 Å². The van der Waals surface area contributed by atoms with E-state index in [0.717, 1.165) is 17.2 Å². The second kappa shape index (κ2) is 4.45. The highest BCUT2D eigenvalue weighted by atomic mass is 79.9. The van der Waals surface area contributed by atoms with E-state index in [-0.39, 0.29) is 0 Å². The lowest BCUT2D eigenvalue weighted by Gasteiger charge is -1.99. The molecule has 5 heteroatoms. The predicted molar refractivity (Wildman–Crippen MR) is 63.8 cm³/mol. The molecule has 0 atom stereocenters. The molecule has 1 heterocycles. The number of aryl methyl sites for hydroxylation is 1. The zero-order valence-electron chi connectivity index (χ0n) is 8.68. The number of halogens is 1. The second-order valence-corrected chi connectivity index (χ2v) is 3.86. The standard InChI is InChI=1S/C11H9BrN4/c1-16-11(14-10(6-12)15-16)9-4-2-8(7-13)3-5-9/h2-5H,6H2,1H3. The van der Waals surface area contributed by atoms with Gasteiger partial charge in [0.2, 0.25) is 0 Å². The van der Waals surface area contributed by atoms with Gasteiger partial charge >= 0.3 is 0 Å². The number of nitrogens with zero attached hydrogens (tertiary/aromatic N) is 4. The van der Waals surface area contributed by atoms with E-state index in [1.807, 2.05) is 19.2 Å². The molecule has 0 saturated carbocycles. The summed E-state index contributed by atoms with van der Waals surface area (Å²) in [5, 5.41) is 13.6. The molecule has 0 radical (unpaired) electrons. The Kier molecular flexibility index (Phi) is 3.02. The van der Waals surface area contributed by atoms with Crippen LogP contribution in [0.5, 0.6) is 0 Å². The molecule has 0 aliphatic rings. The first kappa shape index (κ1) is 10.8. The molecule has 0 amide bonds. The molecule has 0 aliphatic heterocycles. The molecule has 0 unspecified atom stereocenters. The highest BCUT2D eigenvalue weighted by Gasteiger charge is 2.08. The molecule has 1 aromatic carbocycles. The molecule has 80 valence electrons. The van der Waals surface area contributed by atoms with Crippen molar-refractivity contribution < 1.29 is 0 Å². The molecule has 0 N–H and O–H groups in total. The summed E-state index contributed by atoms with van der Waals surface area (Å²) in [5.41, 5.74) is 1.60. The Morgan fingerprint density at radius 1 is 1.38 bits per heavy atom. The van der Waals surface area contributed by atoms with E-state index >= 15 is 0 Å². The van der Waals surface area contributed by atoms with E-state index in [0.29, 0.717) is 10.9 Å². The van der Waals surface area contributed by atoms with Crippen LogP contribution in [0.3, 0.4) is 0 Å². The molecule has 0 fully saturated rings. The molecule has 0 aliphatic carbocycles. The van der Waals surface area contributed by atoms with Crippen molar-refractivity contribution in [1.82, 2.24) is 14.8 Å². The maximum Gasteiger partial charge on any atom is 0.161 e. The monoisotopic (exact) mass is 276 g/mol. The third-order valence-corrected chi connectivity index (χ3v) is 2.70. The summed E-state index contributed by atoms with van der Waals surface area (Å²) in [5.74, 6) is 1.56. The first-order chi connectivity index (χ1) is 7.74. The van der Waals surface area contributed by atoms with Crippen LogP contribution in [-0.2, 0) is 12.4 Å². The van der Waals surface area contributed by atoms with Crippen molar-refractivity contribution in [3.8, 4) is 17.5 Å². The maximum absolute atomic E-state index is 8.71. The smallest absolute Gasteiger partial charge is 0.161 e. The minimum atomic E-state index is 0.636. The Hall–Kier alpha value is -1.67. The van der Waals surface area contributed by atoms with Crippen LogP contribution in [0.25, 0.3) is 11.4 Å². The Labute approximate surface area is 102 Å². The van der Waals surface area contributed by atoms with Crippen LogP contribution in [0, 0.1) is 11.3 Å². The van der Waals surface area contributed by atoms with E-state index in [1.54, 1.807) is 16.8 Å². The lowest BCUT2D eigenvalue weighted by atomic mass is 10.1. The van der Waals surface area contributed by atoms with E-state index in [9.17, 15) is 0 Å². The van der Waals surface area contributed by atoms with Gasteiger partial charge in [-0.2, -0.15) is 10.4 Å². The summed E-state index contributed by atoms with van der Waals surface area (Å²) >= 11 is 3.32. The van der Waals surface area contributed by atoms with Crippen molar-refractivity contribution in [3.63, 3.8) is 0 Å². The lowest BCUT2D eigenvalue weighted by Crippen LogP contribution is -1.94. The molecule has 2 aromatic rings. The zero-order valence-corrected chi connectivity index (χ0v) is 10.3. The molecular formula is C11H9BrN4. The largest absolute Gasteiger partial charge is 0.249 e. The molecule has 16 heavy (non-hydrogen) atoms. The zero-order chi connectivity index (χ0) is 11.5. The molecule has 4 nitrogen and oxygen atoms in total. The van der Waals surface area contributed by atoms with Gasteiger partial charge in [-0.3, -0.25) is 0 Å². The Morgan fingerprint density at radius 2 is 2.06 bits per heavy atom. The number of hydrogen-bond acceptors (Lipinski definition) is 3. The van der Waals surface area contributed by atoms with Crippen molar-refractivity contribution in [2.45, 2.75) is 5.33 Å². The average molecular weight is 277 g/mol. The number of benzene rings is 1. The van der Waals surface area contributed by atoms with Gasteiger partial charge in [-0.1, -0.05) is 15.9 Å². The number of nitriles is 1. The predicted octanol–water partition coefficient (Wildman–Crippen LogP) is 2.25. The van der Waals surface area contributed by atoms with Crippen LogP contribution < -0.4 is 0 Å². The summed E-state index contributed by atoms with van der Waals surface area (Å²) in [6.07, 6.45) is 0. The lowest BCUT2D eigenvalue weighted by molar-refractivity contribution is 0.763. The topological polar surface area (TPSA) is 54.5 Å². The van der Waals surface area contributed by atoms with E-state index in [1.165, 1.54) is 0 Å². The van der Waals surface area contributed by atoms with Gasteiger partial charge in [-0.25, -0.2) is 9.67 Å². The third kappa shape index (κ3) is 1.97. The fraction of sp³-hybridized carbons (Fsp3) is 0.182. The average Bonchev–Trinajstić information content (AvgIpc) is 2.71. The summed E-state index contributed by atoms with van der Waals surface area (Å²) < 4.78 is 1.73. The normalized spacial score (nSPS) is 10.1. The van der Waals surface area contributed by atoms with Crippen molar-refractivity contribution in [3.05, 3.63) is 35.7 Å². The highest BCUT2D eigenvalue weighted by Crippen LogP contribution is 2.17. The molecule has 0 saturated heterocycles. The van der Waals surface area contributed by atoms with Gasteiger partial charge in [0.25, 0.3) is 0 Å². The van der Waals surface area contributed by atoms with Crippen molar-refractivity contribution >= 4 is 15.9 Å². The number of rotatable bonds is 2. The van der Waals surface area contributed by atoms with Crippen LogP contribution in [0.1, 0.15) is 11.4 Å². The second-order valence-electron chi connectivity index (χ2n) is 3.30. The molecule has 1 aromatic heterocycles. The van der Waals surface area contributed by atoms with Crippen LogP contribution in [0.2, 0.25) is 0 Å². The van der Waals surface area contributed by atoms with Gasteiger partial charge < -0.3 is 0 Å². The van der Waals surface area contributed by atoms with Crippen LogP contribution in [0.4, 0.5) is 0 Å². The van der Waals surface area contributed by atoms with Crippen molar-refractivity contribution in [1.29, 1.82) is 5.26 Å². The summed E-state index contributed by atoms with van der Waals surface area (Å²) in [6.45, 7) is 0. The van der Waals surface area contributed by atoms with Gasteiger partial charge in [-0.05, 0) is 24.3 Å². The Balaban J connectivity index is 2.42. The minimum absolute atomic E-state index is 0.636. The van der Waals surface area contributed by atoms with Crippen LogP contribution in [0.15, 0.2) is 24.3 Å². The van der Waals surface area contributed by atoms with Gasteiger partial charge in [0.15, 0.2) is 11.6 Å². The first-order valence-corrected chi connectivity index (χ1v) is 5.83. The number of aromatic nitrogens is 3. The third-order valence-electron chi connectivity index (χ3n) is 2.20. The van der Waals surface area contributed by atoms with Gasteiger partial charge in [-0.15, -0.1) is 0 Å². The first-order valence-electron chi connectivity index (χ1n) is 4.71. The fourth-order valence-electron chi connectivity index (χ4n) is 1.44. The Morgan fingerprint density at radius 3 is 2.56 bits per heavy atom. The van der Waals surface area contributed by atoms with Crippen LogP contribution >= 0.6 is 15.9 Å². The van der Waals surface area contributed by atoms with Gasteiger partial charge in [0.05, 0.1) is 17.0 Å². The summed E-state index contributed by atoms with van der Waals surface area (Å²) in [7, 11) is 1.85. The van der Waals surface area contributed by atoms with Crippen molar-refractivity contribution in [2.24, 2.45) is 7.05 Å². The quantitative estimate of drug-likeness (QED) is 0.791. The summed E-state index contributed by atoms with van der Waals surface area (Å²) in [4.78, 5) is 4.38. The van der Waals surface area contributed by atoms with Gasteiger partial charge in [0.1, 0.15) is 0 Å². The fourth-order valence-corrected chi connectivity index (χ4v) is 1.68. The van der Waals surface area contributed by atoms with Gasteiger partial charge in [0, 0.05) is 12.6 Å². The number of alkyl halides is 1. The number of hydrogen-bond donors (Lipinski definition) is 0. The Bertz CT molecular complexity index is 536. The molecule has 0 bridgehead atoms. The van der Waals surface area contributed by atoms with E-state index < -0.39 is 0 Å². The SMILES string of the molecule is Cn1nc(CBr)nc1-c1ccc(C#N)cc1. The molecule has 2 rings (SSSR count). The van der Waals surface area contributed by atoms with E-state index in [4.69, 9.17) is 5.26 Å². The van der Waals surface area contributed by atoms with Crippen LogP contribution in [-0.4, -0.2) is 14.8 Å². The van der Waals surface area contributed by atoms with E-state index in [2.05, 4.69) is 32.1 Å².